The number of anilines is 2. The molecular weight excluding hydrogens is 333 g/mol. The van der Waals surface area contributed by atoms with E-state index < -0.39 is 0 Å². The molecule has 0 unspecified atom stereocenters. The maximum absolute atomic E-state index is 12.9. The number of nitrogens with zero attached hydrogens (tertiary/aromatic N) is 1. The number of methoxy groups -OCH3 is 1. The first-order valence-electron chi connectivity index (χ1n) is 8.04. The van der Waals surface area contributed by atoms with Crippen LogP contribution in [-0.2, 0) is 6.54 Å². The van der Waals surface area contributed by atoms with Gasteiger partial charge < -0.3 is 15.4 Å². The normalized spacial score (nSPS) is 10.2. The Morgan fingerprint density at radius 2 is 1.77 bits per heavy atom. The smallest absolute Gasteiger partial charge is 0.253 e. The van der Waals surface area contributed by atoms with Gasteiger partial charge in [-0.05, 0) is 54.1 Å². The predicted molar refractivity (Wildman–Crippen MR) is 98.1 cm³/mol. The standard InChI is InChI=1S/C20H18FN3O2/c1-26-18-9-7-17(8-10-18)24-19-11-4-15(13-22-19)20(25)23-12-14-2-5-16(21)6-3-14/h2-11,13H,12H2,1H3,(H,22,24)(H,23,25). The Kier molecular flexibility index (Phi) is 5.43. The van der Waals surface area contributed by atoms with Crippen LogP contribution in [0.4, 0.5) is 15.9 Å². The van der Waals surface area contributed by atoms with E-state index in [1.54, 1.807) is 31.4 Å². The Labute approximate surface area is 150 Å². The predicted octanol–water partition coefficient (Wildman–Crippen LogP) is 3.90. The molecule has 5 nitrogen and oxygen atoms in total. The zero-order chi connectivity index (χ0) is 18.4. The summed E-state index contributed by atoms with van der Waals surface area (Å²) in [5, 5.41) is 5.93. The maximum atomic E-state index is 12.9. The second-order valence-corrected chi connectivity index (χ2v) is 5.59. The number of pyridine rings is 1. The van der Waals surface area contributed by atoms with Gasteiger partial charge in [0, 0.05) is 18.4 Å². The minimum absolute atomic E-state index is 0.238. The van der Waals surface area contributed by atoms with Crippen molar-refractivity contribution < 1.29 is 13.9 Å². The van der Waals surface area contributed by atoms with Crippen LogP contribution in [0.1, 0.15) is 15.9 Å². The molecule has 0 spiro atoms. The highest BCUT2D eigenvalue weighted by Gasteiger charge is 2.06. The molecule has 1 amide bonds. The van der Waals surface area contributed by atoms with Gasteiger partial charge in [-0.25, -0.2) is 9.37 Å². The van der Waals surface area contributed by atoms with Gasteiger partial charge in [0.1, 0.15) is 17.4 Å². The molecule has 2 N–H and O–H groups in total. The van der Waals surface area contributed by atoms with Crippen LogP contribution in [0.15, 0.2) is 66.9 Å². The summed E-state index contributed by atoms with van der Waals surface area (Å²) in [4.78, 5) is 16.4. The zero-order valence-electron chi connectivity index (χ0n) is 14.2. The SMILES string of the molecule is COc1ccc(Nc2ccc(C(=O)NCc3ccc(F)cc3)cn2)cc1. The van der Waals surface area contributed by atoms with Crippen molar-refractivity contribution in [1.82, 2.24) is 10.3 Å². The molecule has 1 heterocycles. The first kappa shape index (κ1) is 17.4. The molecule has 132 valence electrons. The fourth-order valence-corrected chi connectivity index (χ4v) is 2.31. The van der Waals surface area contributed by atoms with Crippen molar-refractivity contribution in [2.45, 2.75) is 6.54 Å². The molecule has 0 atom stereocenters. The van der Waals surface area contributed by atoms with E-state index in [1.165, 1.54) is 18.3 Å². The minimum Gasteiger partial charge on any atom is -0.497 e. The van der Waals surface area contributed by atoms with E-state index in [9.17, 15) is 9.18 Å². The van der Waals surface area contributed by atoms with E-state index in [2.05, 4.69) is 15.6 Å². The fourth-order valence-electron chi connectivity index (χ4n) is 2.31. The molecule has 1 aromatic heterocycles. The molecule has 26 heavy (non-hydrogen) atoms. The van der Waals surface area contributed by atoms with Crippen LogP contribution in [0.5, 0.6) is 5.75 Å². The highest BCUT2D eigenvalue weighted by Crippen LogP contribution is 2.18. The molecule has 0 aliphatic carbocycles. The van der Waals surface area contributed by atoms with Crippen LogP contribution < -0.4 is 15.4 Å². The Balaban J connectivity index is 1.57. The van der Waals surface area contributed by atoms with Crippen LogP contribution in [0.3, 0.4) is 0 Å². The van der Waals surface area contributed by atoms with Gasteiger partial charge >= 0.3 is 0 Å². The van der Waals surface area contributed by atoms with E-state index in [1.807, 2.05) is 24.3 Å². The van der Waals surface area contributed by atoms with Crippen molar-refractivity contribution in [3.8, 4) is 5.75 Å². The molecule has 0 saturated heterocycles. The number of carbonyl (C=O) groups excluding carboxylic acids is 1. The minimum atomic E-state index is -0.302. The summed E-state index contributed by atoms with van der Waals surface area (Å²) < 4.78 is 18.0. The highest BCUT2D eigenvalue weighted by molar-refractivity contribution is 5.94. The molecule has 0 radical (unpaired) electrons. The summed E-state index contributed by atoms with van der Waals surface area (Å²) in [6, 6.07) is 16.9. The summed E-state index contributed by atoms with van der Waals surface area (Å²) in [5.41, 5.74) is 2.14. The maximum Gasteiger partial charge on any atom is 0.253 e. The number of amides is 1. The lowest BCUT2D eigenvalue weighted by Crippen LogP contribution is -2.22. The Morgan fingerprint density at radius 3 is 2.38 bits per heavy atom. The van der Waals surface area contributed by atoms with Crippen LogP contribution in [0, 0.1) is 5.82 Å². The summed E-state index contributed by atoms with van der Waals surface area (Å²) in [5.74, 6) is 0.865. The zero-order valence-corrected chi connectivity index (χ0v) is 14.2. The average molecular weight is 351 g/mol. The van der Waals surface area contributed by atoms with Crippen molar-refractivity contribution in [3.63, 3.8) is 0 Å². The summed E-state index contributed by atoms with van der Waals surface area (Å²) in [6.07, 6.45) is 1.51. The molecule has 3 aromatic rings. The lowest BCUT2D eigenvalue weighted by atomic mass is 10.2. The van der Waals surface area contributed by atoms with Crippen molar-refractivity contribution in [3.05, 3.63) is 83.8 Å². The molecule has 0 fully saturated rings. The molecule has 3 rings (SSSR count). The molecule has 0 aliphatic rings. The van der Waals surface area contributed by atoms with Gasteiger partial charge in [0.25, 0.3) is 5.91 Å². The van der Waals surface area contributed by atoms with E-state index in [0.717, 1.165) is 17.0 Å². The summed E-state index contributed by atoms with van der Waals surface area (Å²) in [7, 11) is 1.61. The van der Waals surface area contributed by atoms with E-state index in [-0.39, 0.29) is 11.7 Å². The molecule has 0 saturated carbocycles. The molecule has 0 bridgehead atoms. The van der Waals surface area contributed by atoms with E-state index >= 15 is 0 Å². The number of aromatic nitrogens is 1. The number of hydrogen-bond acceptors (Lipinski definition) is 4. The molecule has 2 aromatic carbocycles. The van der Waals surface area contributed by atoms with E-state index in [0.29, 0.717) is 17.9 Å². The number of ether oxygens (including phenoxy) is 1. The number of nitrogens with one attached hydrogen (secondary N) is 2. The number of rotatable bonds is 6. The van der Waals surface area contributed by atoms with Crippen LogP contribution in [0.25, 0.3) is 0 Å². The van der Waals surface area contributed by atoms with Crippen molar-refractivity contribution in [2.75, 3.05) is 12.4 Å². The van der Waals surface area contributed by atoms with Gasteiger partial charge in [-0.1, -0.05) is 12.1 Å². The molecular formula is C20H18FN3O2. The Hall–Kier alpha value is -3.41. The summed E-state index contributed by atoms with van der Waals surface area (Å²) >= 11 is 0. The number of carbonyl (C=O) groups is 1. The molecule has 6 heteroatoms. The monoisotopic (exact) mass is 351 g/mol. The lowest BCUT2D eigenvalue weighted by Gasteiger charge is -2.08. The Morgan fingerprint density at radius 1 is 1.04 bits per heavy atom. The van der Waals surface area contributed by atoms with Gasteiger partial charge in [0.05, 0.1) is 12.7 Å². The van der Waals surface area contributed by atoms with Crippen molar-refractivity contribution >= 4 is 17.4 Å². The van der Waals surface area contributed by atoms with Gasteiger partial charge in [-0.2, -0.15) is 0 Å². The lowest BCUT2D eigenvalue weighted by molar-refractivity contribution is 0.0950. The highest BCUT2D eigenvalue weighted by atomic mass is 19.1. The first-order valence-corrected chi connectivity index (χ1v) is 8.04. The third-order valence-electron chi connectivity index (χ3n) is 3.75. The van der Waals surface area contributed by atoms with Gasteiger partial charge in [0.15, 0.2) is 0 Å². The van der Waals surface area contributed by atoms with Crippen LogP contribution in [-0.4, -0.2) is 18.0 Å². The number of benzene rings is 2. The topological polar surface area (TPSA) is 63.2 Å². The molecule has 0 aliphatic heterocycles. The summed E-state index contributed by atoms with van der Waals surface area (Å²) in [6.45, 7) is 0.324. The van der Waals surface area contributed by atoms with E-state index in [4.69, 9.17) is 4.74 Å². The number of halogens is 1. The van der Waals surface area contributed by atoms with Crippen LogP contribution >= 0.6 is 0 Å². The third-order valence-corrected chi connectivity index (χ3v) is 3.75. The largest absolute Gasteiger partial charge is 0.497 e. The second kappa shape index (κ2) is 8.11. The van der Waals surface area contributed by atoms with Gasteiger partial charge in [-0.15, -0.1) is 0 Å². The third kappa shape index (κ3) is 4.57. The van der Waals surface area contributed by atoms with Crippen molar-refractivity contribution in [2.24, 2.45) is 0 Å². The Bertz CT molecular complexity index is 863. The van der Waals surface area contributed by atoms with Crippen LogP contribution in [0.2, 0.25) is 0 Å². The first-order chi connectivity index (χ1) is 12.6. The van der Waals surface area contributed by atoms with Crippen molar-refractivity contribution in [1.29, 1.82) is 0 Å². The van der Waals surface area contributed by atoms with Gasteiger partial charge in [-0.3, -0.25) is 4.79 Å². The van der Waals surface area contributed by atoms with Gasteiger partial charge in [0.2, 0.25) is 0 Å². The number of hydrogen-bond donors (Lipinski definition) is 2. The quantitative estimate of drug-likeness (QED) is 0.707. The fraction of sp³-hybridized carbons (Fsp3) is 0.100. The average Bonchev–Trinajstić information content (AvgIpc) is 2.68. The second-order valence-electron chi connectivity index (χ2n) is 5.59.